The highest BCUT2D eigenvalue weighted by molar-refractivity contribution is 6.30. The zero-order chi connectivity index (χ0) is 10.7. The van der Waals surface area contributed by atoms with E-state index in [-0.39, 0.29) is 24.8 Å². The number of benzene rings is 1. The Morgan fingerprint density at radius 2 is 1.71 bits per heavy atom. The van der Waals surface area contributed by atoms with E-state index in [9.17, 15) is 0 Å². The zero-order valence-corrected chi connectivity index (χ0v) is 11.4. The van der Waals surface area contributed by atoms with E-state index < -0.39 is 0 Å². The normalized spacial score (nSPS) is 9.06. The van der Waals surface area contributed by atoms with E-state index in [1.54, 1.807) is 6.20 Å². The van der Waals surface area contributed by atoms with Crippen LogP contribution < -0.4 is 5.73 Å². The number of hydrogen-bond donors (Lipinski definition) is 1. The molecule has 0 atom stereocenters. The SMILES string of the molecule is Cl.Cl.NCc1ncccc1-c1ccc(Cl)cc1. The van der Waals surface area contributed by atoms with Gasteiger partial charge in [-0.1, -0.05) is 29.8 Å². The molecule has 1 heterocycles. The van der Waals surface area contributed by atoms with Gasteiger partial charge in [0, 0.05) is 23.3 Å². The van der Waals surface area contributed by atoms with Crippen LogP contribution in [0.5, 0.6) is 0 Å². The zero-order valence-electron chi connectivity index (χ0n) is 8.97. The third kappa shape index (κ3) is 3.86. The molecule has 0 saturated carbocycles. The maximum atomic E-state index is 5.83. The van der Waals surface area contributed by atoms with E-state index >= 15 is 0 Å². The van der Waals surface area contributed by atoms with Crippen molar-refractivity contribution >= 4 is 36.4 Å². The molecule has 2 rings (SSSR count). The van der Waals surface area contributed by atoms with Crippen LogP contribution in [0.1, 0.15) is 5.69 Å². The molecular formula is C12H13Cl3N2. The standard InChI is InChI=1S/C12H11ClN2.2ClH/c13-10-5-3-9(4-6-10)11-2-1-7-15-12(11)8-14;;/h1-7H,8,14H2;2*1H. The maximum absolute atomic E-state index is 5.83. The lowest BCUT2D eigenvalue weighted by atomic mass is 10.0. The number of pyridine rings is 1. The molecule has 1 aromatic heterocycles. The monoisotopic (exact) mass is 290 g/mol. The summed E-state index contributed by atoms with van der Waals surface area (Å²) in [6.07, 6.45) is 1.75. The number of nitrogens with zero attached hydrogens (tertiary/aromatic N) is 1. The lowest BCUT2D eigenvalue weighted by Crippen LogP contribution is -2.01. The molecule has 0 aliphatic carbocycles. The quantitative estimate of drug-likeness (QED) is 0.916. The van der Waals surface area contributed by atoms with Crippen LogP contribution in [0.25, 0.3) is 11.1 Å². The van der Waals surface area contributed by atoms with Crippen LogP contribution in [0, 0.1) is 0 Å². The molecule has 2 N–H and O–H groups in total. The fourth-order valence-corrected chi connectivity index (χ4v) is 1.62. The van der Waals surface area contributed by atoms with Gasteiger partial charge in [0.25, 0.3) is 0 Å². The van der Waals surface area contributed by atoms with Gasteiger partial charge in [0.2, 0.25) is 0 Å². The Hall–Kier alpha value is -0.800. The van der Waals surface area contributed by atoms with E-state index in [0.29, 0.717) is 6.54 Å². The number of nitrogens with two attached hydrogens (primary N) is 1. The molecule has 0 aliphatic heterocycles. The average molecular weight is 292 g/mol. The molecule has 0 spiro atoms. The minimum absolute atomic E-state index is 0. The van der Waals surface area contributed by atoms with Gasteiger partial charge < -0.3 is 5.73 Å². The molecule has 0 amide bonds. The number of rotatable bonds is 2. The largest absolute Gasteiger partial charge is 0.325 e. The molecule has 2 aromatic rings. The van der Waals surface area contributed by atoms with Gasteiger partial charge in [-0.3, -0.25) is 4.98 Å². The Balaban J connectivity index is 0.00000128. The summed E-state index contributed by atoms with van der Waals surface area (Å²) < 4.78 is 0. The van der Waals surface area contributed by atoms with E-state index in [0.717, 1.165) is 21.8 Å². The van der Waals surface area contributed by atoms with Crippen LogP contribution in [-0.4, -0.2) is 4.98 Å². The van der Waals surface area contributed by atoms with E-state index in [4.69, 9.17) is 17.3 Å². The molecule has 2 nitrogen and oxygen atoms in total. The average Bonchev–Trinajstić information content (AvgIpc) is 2.30. The molecule has 5 heteroatoms. The lowest BCUT2D eigenvalue weighted by molar-refractivity contribution is 0.994. The smallest absolute Gasteiger partial charge is 0.0617 e. The molecule has 0 fully saturated rings. The van der Waals surface area contributed by atoms with Gasteiger partial charge in [-0.05, 0) is 23.8 Å². The number of hydrogen-bond acceptors (Lipinski definition) is 2. The summed E-state index contributed by atoms with van der Waals surface area (Å²) in [4.78, 5) is 4.24. The van der Waals surface area contributed by atoms with Gasteiger partial charge in [0.05, 0.1) is 5.69 Å². The summed E-state index contributed by atoms with van der Waals surface area (Å²) in [5, 5.41) is 0.733. The summed E-state index contributed by atoms with van der Waals surface area (Å²) in [6.45, 7) is 0.443. The molecule has 0 bridgehead atoms. The molecular weight excluding hydrogens is 279 g/mol. The van der Waals surface area contributed by atoms with Gasteiger partial charge in [0.15, 0.2) is 0 Å². The van der Waals surface area contributed by atoms with Crippen molar-refractivity contribution in [1.29, 1.82) is 0 Å². The summed E-state index contributed by atoms with van der Waals surface area (Å²) in [7, 11) is 0. The third-order valence-electron chi connectivity index (χ3n) is 2.24. The summed E-state index contributed by atoms with van der Waals surface area (Å²) in [5.41, 5.74) is 8.69. The highest BCUT2D eigenvalue weighted by Gasteiger charge is 2.03. The summed E-state index contributed by atoms with van der Waals surface area (Å²) in [5.74, 6) is 0. The Morgan fingerprint density at radius 1 is 1.06 bits per heavy atom. The van der Waals surface area contributed by atoms with E-state index in [1.807, 2.05) is 36.4 Å². The second-order valence-corrected chi connectivity index (χ2v) is 3.65. The van der Waals surface area contributed by atoms with Crippen molar-refractivity contribution in [3.8, 4) is 11.1 Å². The minimum atomic E-state index is 0. The van der Waals surface area contributed by atoms with Crippen LogP contribution in [0.2, 0.25) is 5.02 Å². The number of halogens is 3. The minimum Gasteiger partial charge on any atom is -0.325 e. The first-order valence-electron chi connectivity index (χ1n) is 4.71. The van der Waals surface area contributed by atoms with Crippen molar-refractivity contribution in [2.24, 2.45) is 5.73 Å². The van der Waals surface area contributed by atoms with Crippen LogP contribution in [0.15, 0.2) is 42.6 Å². The van der Waals surface area contributed by atoms with Crippen molar-refractivity contribution < 1.29 is 0 Å². The van der Waals surface area contributed by atoms with E-state index in [1.165, 1.54) is 0 Å². The molecule has 0 unspecified atom stereocenters. The van der Waals surface area contributed by atoms with Crippen LogP contribution in [0.3, 0.4) is 0 Å². The van der Waals surface area contributed by atoms with Crippen LogP contribution >= 0.6 is 36.4 Å². The van der Waals surface area contributed by atoms with Gasteiger partial charge in [0.1, 0.15) is 0 Å². The Kier molecular flexibility index (Phi) is 7.16. The molecule has 1 aromatic carbocycles. The van der Waals surface area contributed by atoms with Gasteiger partial charge in [-0.25, -0.2) is 0 Å². The van der Waals surface area contributed by atoms with Gasteiger partial charge in [-0.2, -0.15) is 0 Å². The Bertz CT molecular complexity index is 458. The Morgan fingerprint density at radius 3 is 2.29 bits per heavy atom. The van der Waals surface area contributed by atoms with Gasteiger partial charge in [-0.15, -0.1) is 24.8 Å². The first-order valence-corrected chi connectivity index (χ1v) is 5.09. The molecule has 0 saturated heterocycles. The highest BCUT2D eigenvalue weighted by atomic mass is 35.5. The fraction of sp³-hybridized carbons (Fsp3) is 0.0833. The molecule has 17 heavy (non-hydrogen) atoms. The predicted octanol–water partition coefficient (Wildman–Crippen LogP) is 3.70. The van der Waals surface area contributed by atoms with Gasteiger partial charge >= 0.3 is 0 Å². The maximum Gasteiger partial charge on any atom is 0.0617 e. The fourth-order valence-electron chi connectivity index (χ4n) is 1.49. The van der Waals surface area contributed by atoms with Crippen molar-refractivity contribution in [2.75, 3.05) is 0 Å². The second-order valence-electron chi connectivity index (χ2n) is 3.21. The number of aromatic nitrogens is 1. The van der Waals surface area contributed by atoms with Crippen molar-refractivity contribution in [3.63, 3.8) is 0 Å². The summed E-state index contributed by atoms with van der Waals surface area (Å²) in [6, 6.07) is 11.6. The van der Waals surface area contributed by atoms with Crippen molar-refractivity contribution in [1.82, 2.24) is 4.98 Å². The van der Waals surface area contributed by atoms with Crippen molar-refractivity contribution in [3.05, 3.63) is 53.3 Å². The highest BCUT2D eigenvalue weighted by Crippen LogP contribution is 2.23. The molecule has 0 radical (unpaired) electrons. The summed E-state index contributed by atoms with van der Waals surface area (Å²) >= 11 is 5.83. The first kappa shape index (κ1) is 16.2. The van der Waals surface area contributed by atoms with E-state index in [2.05, 4.69) is 4.98 Å². The predicted molar refractivity (Wildman–Crippen MR) is 77.1 cm³/mol. The van der Waals surface area contributed by atoms with Crippen molar-refractivity contribution in [2.45, 2.75) is 6.54 Å². The second kappa shape index (κ2) is 7.51. The van der Waals surface area contributed by atoms with Crippen LogP contribution in [-0.2, 0) is 6.54 Å². The molecule has 92 valence electrons. The third-order valence-corrected chi connectivity index (χ3v) is 2.49. The Labute approximate surface area is 118 Å². The topological polar surface area (TPSA) is 38.9 Å². The van der Waals surface area contributed by atoms with Crippen LogP contribution in [0.4, 0.5) is 0 Å². The lowest BCUT2D eigenvalue weighted by Gasteiger charge is -2.06. The first-order chi connectivity index (χ1) is 7.31. The molecule has 0 aliphatic rings.